The molecule has 2 aromatic carbocycles. The highest BCUT2D eigenvalue weighted by Gasteiger charge is 2.07. The Hall–Kier alpha value is -2.95. The Morgan fingerprint density at radius 3 is 2.29 bits per heavy atom. The van der Waals surface area contributed by atoms with E-state index in [1.165, 1.54) is 17.7 Å². The fourth-order valence-electron chi connectivity index (χ4n) is 2.09. The van der Waals surface area contributed by atoms with Gasteiger partial charge in [0.1, 0.15) is 0 Å². The van der Waals surface area contributed by atoms with Crippen LogP contribution in [0.5, 0.6) is 0 Å². The predicted molar refractivity (Wildman–Crippen MR) is 80.4 cm³/mol. The van der Waals surface area contributed by atoms with E-state index in [1.807, 2.05) is 25.3 Å². The summed E-state index contributed by atoms with van der Waals surface area (Å²) in [5.74, 6) is 0. The van der Waals surface area contributed by atoms with Gasteiger partial charge in [-0.1, -0.05) is 29.8 Å². The van der Waals surface area contributed by atoms with Crippen LogP contribution in [0.4, 0.5) is 5.69 Å². The molecule has 0 saturated heterocycles. The lowest BCUT2D eigenvalue weighted by Crippen LogP contribution is -1.94. The Morgan fingerprint density at radius 1 is 1.00 bits per heavy atom. The van der Waals surface area contributed by atoms with E-state index in [0.29, 0.717) is 0 Å². The van der Waals surface area contributed by atoms with Crippen LogP contribution in [0.2, 0.25) is 0 Å². The molecule has 1 aromatic heterocycles. The van der Waals surface area contributed by atoms with Gasteiger partial charge in [0.25, 0.3) is 5.69 Å². The monoisotopic (exact) mass is 279 g/mol. The van der Waals surface area contributed by atoms with E-state index < -0.39 is 4.92 Å². The molecule has 0 atom stereocenters. The third-order valence-electron chi connectivity index (χ3n) is 3.29. The second-order valence-corrected chi connectivity index (χ2v) is 4.81. The minimum absolute atomic E-state index is 0.0738. The Morgan fingerprint density at radius 2 is 1.67 bits per heavy atom. The van der Waals surface area contributed by atoms with Crippen LogP contribution in [0.1, 0.15) is 5.56 Å². The molecule has 5 nitrogen and oxygen atoms in total. The van der Waals surface area contributed by atoms with Crippen molar-refractivity contribution in [3.05, 3.63) is 76.6 Å². The summed E-state index contributed by atoms with van der Waals surface area (Å²) in [6.07, 6.45) is 3.69. The molecule has 0 amide bonds. The SMILES string of the molecule is Cc1ccc(-c2cnn(-c3ccc([N+](=O)[O-])cc3)c2)cc1. The van der Waals surface area contributed by atoms with Crippen molar-refractivity contribution < 1.29 is 4.92 Å². The van der Waals surface area contributed by atoms with E-state index in [0.717, 1.165) is 16.8 Å². The van der Waals surface area contributed by atoms with Gasteiger partial charge in [0.05, 0.1) is 16.8 Å². The molecule has 0 N–H and O–H groups in total. The third-order valence-corrected chi connectivity index (χ3v) is 3.29. The molecule has 5 heteroatoms. The number of nitro groups is 1. The first-order chi connectivity index (χ1) is 10.1. The van der Waals surface area contributed by atoms with Crippen LogP contribution < -0.4 is 0 Å². The van der Waals surface area contributed by atoms with Crippen molar-refractivity contribution in [3.8, 4) is 16.8 Å². The highest BCUT2D eigenvalue weighted by atomic mass is 16.6. The van der Waals surface area contributed by atoms with Crippen molar-refractivity contribution in [2.75, 3.05) is 0 Å². The zero-order valence-corrected chi connectivity index (χ0v) is 11.4. The maximum Gasteiger partial charge on any atom is 0.269 e. The van der Waals surface area contributed by atoms with Gasteiger partial charge in [-0.05, 0) is 24.6 Å². The summed E-state index contributed by atoms with van der Waals surface area (Å²) in [6, 6.07) is 14.5. The van der Waals surface area contributed by atoms with Crippen molar-refractivity contribution in [2.24, 2.45) is 0 Å². The molecule has 0 aliphatic rings. The Balaban J connectivity index is 1.90. The summed E-state index contributed by atoms with van der Waals surface area (Å²) in [5, 5.41) is 15.0. The molecule has 3 aromatic rings. The second-order valence-electron chi connectivity index (χ2n) is 4.81. The zero-order chi connectivity index (χ0) is 14.8. The summed E-state index contributed by atoms with van der Waals surface area (Å²) in [5.41, 5.74) is 4.17. The molecule has 0 spiro atoms. The molecule has 0 unspecified atom stereocenters. The van der Waals surface area contributed by atoms with Crippen molar-refractivity contribution in [3.63, 3.8) is 0 Å². The fourth-order valence-corrected chi connectivity index (χ4v) is 2.09. The molecule has 0 aliphatic heterocycles. The number of hydrogen-bond acceptors (Lipinski definition) is 3. The molecule has 0 bridgehead atoms. The van der Waals surface area contributed by atoms with Gasteiger partial charge in [-0.15, -0.1) is 0 Å². The molecule has 0 fully saturated rings. The zero-order valence-electron chi connectivity index (χ0n) is 11.4. The van der Waals surface area contributed by atoms with Crippen LogP contribution in [0.15, 0.2) is 60.9 Å². The van der Waals surface area contributed by atoms with Crippen LogP contribution in [-0.2, 0) is 0 Å². The number of rotatable bonds is 3. The van der Waals surface area contributed by atoms with E-state index in [9.17, 15) is 10.1 Å². The van der Waals surface area contributed by atoms with Gasteiger partial charge >= 0.3 is 0 Å². The van der Waals surface area contributed by atoms with Gasteiger partial charge in [0.2, 0.25) is 0 Å². The lowest BCUT2D eigenvalue weighted by atomic mass is 10.1. The highest BCUT2D eigenvalue weighted by molar-refractivity contribution is 5.62. The number of aromatic nitrogens is 2. The first-order valence-corrected chi connectivity index (χ1v) is 6.50. The van der Waals surface area contributed by atoms with Crippen molar-refractivity contribution in [1.82, 2.24) is 9.78 Å². The lowest BCUT2D eigenvalue weighted by Gasteiger charge is -2.00. The second kappa shape index (κ2) is 5.20. The minimum Gasteiger partial charge on any atom is -0.258 e. The van der Waals surface area contributed by atoms with Gasteiger partial charge < -0.3 is 0 Å². The summed E-state index contributed by atoms with van der Waals surface area (Å²) in [4.78, 5) is 10.2. The number of aryl methyl sites for hydroxylation is 1. The molecule has 1 heterocycles. The van der Waals surface area contributed by atoms with E-state index in [-0.39, 0.29) is 5.69 Å². The molecule has 0 radical (unpaired) electrons. The Bertz CT molecular complexity index is 774. The van der Waals surface area contributed by atoms with Gasteiger partial charge in [-0.3, -0.25) is 10.1 Å². The number of non-ortho nitro benzene ring substituents is 1. The standard InChI is InChI=1S/C16H13N3O2/c1-12-2-4-13(5-3-12)14-10-17-18(11-14)15-6-8-16(9-7-15)19(20)21/h2-11H,1H3. The molecular formula is C16H13N3O2. The summed E-state index contributed by atoms with van der Waals surface area (Å²) in [6.45, 7) is 2.05. The topological polar surface area (TPSA) is 61.0 Å². The van der Waals surface area contributed by atoms with Crippen LogP contribution in [-0.4, -0.2) is 14.7 Å². The Labute approximate surface area is 121 Å². The molecule has 21 heavy (non-hydrogen) atoms. The Kier molecular flexibility index (Phi) is 3.23. The lowest BCUT2D eigenvalue weighted by molar-refractivity contribution is -0.384. The first kappa shape index (κ1) is 13.1. The van der Waals surface area contributed by atoms with Gasteiger partial charge in [-0.2, -0.15) is 5.10 Å². The van der Waals surface area contributed by atoms with Gasteiger partial charge in [0.15, 0.2) is 0 Å². The van der Waals surface area contributed by atoms with Crippen LogP contribution in [0.3, 0.4) is 0 Å². The summed E-state index contributed by atoms with van der Waals surface area (Å²) < 4.78 is 1.71. The number of hydrogen-bond donors (Lipinski definition) is 0. The smallest absolute Gasteiger partial charge is 0.258 e. The third kappa shape index (κ3) is 2.67. The summed E-state index contributed by atoms with van der Waals surface area (Å²) >= 11 is 0. The largest absolute Gasteiger partial charge is 0.269 e. The maximum absolute atomic E-state index is 10.6. The highest BCUT2D eigenvalue weighted by Crippen LogP contribution is 2.21. The van der Waals surface area contributed by atoms with Crippen molar-refractivity contribution in [2.45, 2.75) is 6.92 Å². The van der Waals surface area contributed by atoms with Crippen LogP contribution in [0, 0.1) is 17.0 Å². The minimum atomic E-state index is -0.412. The number of nitro benzene ring substituents is 1. The number of nitrogens with zero attached hydrogens (tertiary/aromatic N) is 3. The van der Waals surface area contributed by atoms with Crippen molar-refractivity contribution in [1.29, 1.82) is 0 Å². The van der Waals surface area contributed by atoms with Crippen LogP contribution >= 0.6 is 0 Å². The predicted octanol–water partition coefficient (Wildman–Crippen LogP) is 3.76. The van der Waals surface area contributed by atoms with E-state index in [2.05, 4.69) is 17.2 Å². The van der Waals surface area contributed by atoms with Gasteiger partial charge in [0, 0.05) is 23.9 Å². The maximum atomic E-state index is 10.6. The normalized spacial score (nSPS) is 10.5. The average Bonchev–Trinajstić information content (AvgIpc) is 2.98. The first-order valence-electron chi connectivity index (χ1n) is 6.50. The van der Waals surface area contributed by atoms with E-state index in [1.54, 1.807) is 23.0 Å². The molecule has 104 valence electrons. The van der Waals surface area contributed by atoms with E-state index >= 15 is 0 Å². The quantitative estimate of drug-likeness (QED) is 0.541. The fraction of sp³-hybridized carbons (Fsp3) is 0.0625. The molecule has 3 rings (SSSR count). The van der Waals surface area contributed by atoms with Gasteiger partial charge in [-0.25, -0.2) is 4.68 Å². The number of benzene rings is 2. The van der Waals surface area contributed by atoms with E-state index in [4.69, 9.17) is 0 Å². The molecule has 0 saturated carbocycles. The average molecular weight is 279 g/mol. The molecular weight excluding hydrogens is 266 g/mol. The summed E-state index contributed by atoms with van der Waals surface area (Å²) in [7, 11) is 0. The van der Waals surface area contributed by atoms with Crippen molar-refractivity contribution >= 4 is 5.69 Å². The van der Waals surface area contributed by atoms with Crippen LogP contribution in [0.25, 0.3) is 16.8 Å². The molecule has 0 aliphatic carbocycles.